The lowest BCUT2D eigenvalue weighted by molar-refractivity contribution is -0.893. The van der Waals surface area contributed by atoms with Gasteiger partial charge in [-0.2, -0.15) is 0 Å². The minimum atomic E-state index is -0.399. The molecule has 6 nitrogen and oxygen atoms in total. The number of amides is 1. The number of hydrogen-bond acceptors (Lipinski definition) is 4. The first-order chi connectivity index (χ1) is 14.0. The van der Waals surface area contributed by atoms with Crippen molar-refractivity contribution in [2.24, 2.45) is 0 Å². The molecule has 0 saturated heterocycles. The van der Waals surface area contributed by atoms with Gasteiger partial charge in [-0.05, 0) is 24.6 Å². The molecule has 0 bridgehead atoms. The average Bonchev–Trinajstić information content (AvgIpc) is 2.70. The number of fused-ring (bicyclic) bond motifs is 1. The van der Waals surface area contributed by atoms with Crippen LogP contribution in [0.3, 0.4) is 0 Å². The van der Waals surface area contributed by atoms with Crippen LogP contribution in [0, 0.1) is 6.92 Å². The van der Waals surface area contributed by atoms with Gasteiger partial charge in [0.1, 0.15) is 17.9 Å². The third-order valence-corrected chi connectivity index (χ3v) is 4.74. The number of aryl methyl sites for hydroxylation is 1. The minimum Gasteiger partial charge on any atom is -0.484 e. The Morgan fingerprint density at radius 1 is 1.14 bits per heavy atom. The molecule has 0 radical (unpaired) electrons. The predicted octanol–water partition coefficient (Wildman–Crippen LogP) is 1.70. The van der Waals surface area contributed by atoms with Crippen LogP contribution >= 0.6 is 0 Å². The molecule has 0 fully saturated rings. The lowest BCUT2D eigenvalue weighted by Gasteiger charge is -2.14. The second-order valence-corrected chi connectivity index (χ2v) is 7.27. The van der Waals surface area contributed by atoms with Crippen molar-refractivity contribution in [3.63, 3.8) is 0 Å². The number of benzene rings is 2. The topological polar surface area (TPSA) is 73.0 Å². The molecule has 152 valence electrons. The highest BCUT2D eigenvalue weighted by Gasteiger charge is 2.07. The molecule has 29 heavy (non-hydrogen) atoms. The number of carbonyl (C=O) groups excluding carboxylic acids is 1. The highest BCUT2D eigenvalue weighted by Crippen LogP contribution is 2.22. The molecule has 0 saturated carbocycles. The quantitative estimate of drug-likeness (QED) is 0.427. The van der Waals surface area contributed by atoms with Crippen molar-refractivity contribution in [2.75, 3.05) is 26.7 Å². The largest absolute Gasteiger partial charge is 0.484 e. The van der Waals surface area contributed by atoms with Gasteiger partial charge in [-0.15, -0.1) is 0 Å². The summed E-state index contributed by atoms with van der Waals surface area (Å²) in [6.07, 6.45) is 0.894. The van der Waals surface area contributed by atoms with E-state index in [0.717, 1.165) is 30.5 Å². The molecule has 1 unspecified atom stereocenters. The van der Waals surface area contributed by atoms with Crippen LogP contribution < -0.4 is 20.6 Å². The fraction of sp³-hybridized carbons (Fsp3) is 0.304. The van der Waals surface area contributed by atoms with Crippen molar-refractivity contribution in [3.05, 3.63) is 76.1 Å². The molecule has 3 aromatic rings. The summed E-state index contributed by atoms with van der Waals surface area (Å²) in [5.41, 5.74) is 2.21. The summed E-state index contributed by atoms with van der Waals surface area (Å²) >= 11 is 0. The summed E-state index contributed by atoms with van der Waals surface area (Å²) in [7, 11) is 2.15. The number of hydrogen-bond donors (Lipinski definition) is 2. The van der Waals surface area contributed by atoms with Crippen LogP contribution in [-0.2, 0) is 11.3 Å². The Balaban J connectivity index is 1.39. The summed E-state index contributed by atoms with van der Waals surface area (Å²) in [6.45, 7) is 4.33. The summed E-state index contributed by atoms with van der Waals surface area (Å²) in [4.78, 5) is 24.9. The predicted molar refractivity (Wildman–Crippen MR) is 112 cm³/mol. The van der Waals surface area contributed by atoms with E-state index in [1.807, 2.05) is 31.2 Å². The maximum Gasteiger partial charge on any atom is 0.336 e. The van der Waals surface area contributed by atoms with E-state index in [1.54, 1.807) is 12.1 Å². The number of carbonyl (C=O) groups is 1. The van der Waals surface area contributed by atoms with Gasteiger partial charge < -0.3 is 19.4 Å². The zero-order valence-electron chi connectivity index (χ0n) is 16.9. The van der Waals surface area contributed by atoms with E-state index < -0.39 is 5.63 Å². The lowest BCUT2D eigenvalue weighted by atomic mass is 10.1. The van der Waals surface area contributed by atoms with Crippen LogP contribution in [0.15, 0.2) is 63.8 Å². The Labute approximate surface area is 170 Å². The van der Waals surface area contributed by atoms with Crippen molar-refractivity contribution in [3.8, 4) is 5.75 Å². The van der Waals surface area contributed by atoms with Crippen LogP contribution in [0.1, 0.15) is 17.5 Å². The lowest BCUT2D eigenvalue weighted by Crippen LogP contribution is -3.07. The maximum atomic E-state index is 12.0. The maximum absolute atomic E-state index is 12.0. The second-order valence-electron chi connectivity index (χ2n) is 7.27. The van der Waals surface area contributed by atoms with Crippen LogP contribution in [0.25, 0.3) is 11.0 Å². The SMILES string of the molecule is Cc1cc(=O)oc2cc(OCC(=O)NCCC[NH+](C)Cc3ccccc3)ccc12. The summed E-state index contributed by atoms with van der Waals surface area (Å²) in [6, 6.07) is 17.1. The van der Waals surface area contributed by atoms with E-state index in [2.05, 4.69) is 24.5 Å². The Bertz CT molecular complexity index is 1010. The van der Waals surface area contributed by atoms with Crippen molar-refractivity contribution < 1.29 is 18.8 Å². The normalized spacial score (nSPS) is 11.9. The number of rotatable bonds is 9. The molecular formula is C23H27N2O4+. The average molecular weight is 395 g/mol. The van der Waals surface area contributed by atoms with Gasteiger partial charge in [-0.1, -0.05) is 30.3 Å². The minimum absolute atomic E-state index is 0.0751. The van der Waals surface area contributed by atoms with Crippen molar-refractivity contribution in [1.82, 2.24) is 5.32 Å². The summed E-state index contributed by atoms with van der Waals surface area (Å²) < 4.78 is 10.7. The van der Waals surface area contributed by atoms with E-state index in [0.29, 0.717) is 17.9 Å². The Morgan fingerprint density at radius 2 is 1.93 bits per heavy atom. The van der Waals surface area contributed by atoms with Crippen LogP contribution in [0.5, 0.6) is 5.75 Å². The summed E-state index contributed by atoms with van der Waals surface area (Å²) in [5, 5.41) is 3.73. The molecule has 1 amide bonds. The third-order valence-electron chi connectivity index (χ3n) is 4.74. The smallest absolute Gasteiger partial charge is 0.336 e. The molecule has 0 aliphatic heterocycles. The Hall–Kier alpha value is -3.12. The van der Waals surface area contributed by atoms with Gasteiger partial charge in [0.05, 0.1) is 13.6 Å². The van der Waals surface area contributed by atoms with E-state index in [1.165, 1.54) is 16.5 Å². The van der Waals surface area contributed by atoms with Crippen molar-refractivity contribution in [2.45, 2.75) is 19.9 Å². The number of quaternary nitrogens is 1. The fourth-order valence-electron chi connectivity index (χ4n) is 3.25. The number of ether oxygens (including phenoxy) is 1. The zero-order valence-corrected chi connectivity index (χ0v) is 16.9. The molecule has 0 aliphatic rings. The molecule has 2 N–H and O–H groups in total. The first kappa shape index (κ1) is 20.6. The standard InChI is InChI=1S/C23H26N2O4/c1-17-13-23(27)29-21-14-19(9-10-20(17)21)28-16-22(26)24-11-6-12-25(2)15-18-7-4-3-5-8-18/h3-5,7-10,13-14H,6,11-12,15-16H2,1-2H3,(H,24,26)/p+1. The Kier molecular flexibility index (Phi) is 7.03. The van der Waals surface area contributed by atoms with Gasteiger partial charge in [0.2, 0.25) is 0 Å². The van der Waals surface area contributed by atoms with E-state index in [4.69, 9.17) is 9.15 Å². The molecule has 0 spiro atoms. The summed E-state index contributed by atoms with van der Waals surface area (Å²) in [5.74, 6) is 0.324. The van der Waals surface area contributed by atoms with E-state index in [9.17, 15) is 9.59 Å². The third kappa shape index (κ3) is 6.19. The van der Waals surface area contributed by atoms with Gasteiger partial charge in [0.15, 0.2) is 6.61 Å². The van der Waals surface area contributed by atoms with Crippen LogP contribution in [-0.4, -0.2) is 32.7 Å². The molecule has 3 rings (SSSR count). The fourth-order valence-corrected chi connectivity index (χ4v) is 3.25. The molecule has 6 heteroatoms. The first-order valence-corrected chi connectivity index (χ1v) is 9.80. The van der Waals surface area contributed by atoms with Gasteiger partial charge in [-0.3, -0.25) is 4.79 Å². The van der Waals surface area contributed by atoms with Crippen LogP contribution in [0.4, 0.5) is 0 Å². The molecular weight excluding hydrogens is 368 g/mol. The second kappa shape index (κ2) is 9.89. The number of nitrogens with one attached hydrogen (secondary N) is 2. The molecule has 1 heterocycles. The molecule has 2 aromatic carbocycles. The monoisotopic (exact) mass is 395 g/mol. The van der Waals surface area contributed by atoms with E-state index >= 15 is 0 Å². The molecule has 1 atom stereocenters. The van der Waals surface area contributed by atoms with E-state index in [-0.39, 0.29) is 12.5 Å². The van der Waals surface area contributed by atoms with Gasteiger partial charge >= 0.3 is 5.63 Å². The van der Waals surface area contributed by atoms with Crippen molar-refractivity contribution in [1.29, 1.82) is 0 Å². The van der Waals surface area contributed by atoms with Crippen LogP contribution in [0.2, 0.25) is 0 Å². The molecule has 1 aromatic heterocycles. The molecule has 0 aliphatic carbocycles. The van der Waals surface area contributed by atoms with Gasteiger partial charge in [0.25, 0.3) is 5.91 Å². The van der Waals surface area contributed by atoms with Gasteiger partial charge in [0, 0.05) is 36.0 Å². The Morgan fingerprint density at radius 3 is 2.72 bits per heavy atom. The highest BCUT2D eigenvalue weighted by molar-refractivity contribution is 5.81. The van der Waals surface area contributed by atoms with Gasteiger partial charge in [-0.25, -0.2) is 4.79 Å². The first-order valence-electron chi connectivity index (χ1n) is 9.80. The highest BCUT2D eigenvalue weighted by atomic mass is 16.5. The van der Waals surface area contributed by atoms with Crippen molar-refractivity contribution >= 4 is 16.9 Å². The zero-order chi connectivity index (χ0) is 20.6.